The van der Waals surface area contributed by atoms with Gasteiger partial charge in [-0.2, -0.15) is 0 Å². The van der Waals surface area contributed by atoms with Crippen molar-refractivity contribution in [2.24, 2.45) is 17.8 Å². The molecule has 0 heterocycles. The molecule has 90 valence electrons. The van der Waals surface area contributed by atoms with Crippen LogP contribution in [0.4, 0.5) is 0 Å². The van der Waals surface area contributed by atoms with Crippen LogP contribution in [-0.4, -0.2) is 24.3 Å². The molecule has 0 bridgehead atoms. The molecule has 0 rings (SSSR count). The second-order valence-electron chi connectivity index (χ2n) is 4.77. The fourth-order valence-electron chi connectivity index (χ4n) is 1.87. The summed E-state index contributed by atoms with van der Waals surface area (Å²) in [6.07, 6.45) is 2.07. The van der Waals surface area contributed by atoms with Crippen LogP contribution in [0, 0.1) is 17.8 Å². The van der Waals surface area contributed by atoms with Crippen LogP contribution in [0.5, 0.6) is 0 Å². The molecule has 0 aromatic rings. The molecule has 1 N–H and O–H groups in total. The quantitative estimate of drug-likeness (QED) is 0.664. The number of hydrogen-bond donors (Lipinski definition) is 1. The Morgan fingerprint density at radius 3 is 2.13 bits per heavy atom. The number of ether oxygens (including phenoxy) is 1. The summed E-state index contributed by atoms with van der Waals surface area (Å²) in [5.41, 5.74) is 0. The van der Waals surface area contributed by atoms with E-state index in [0.717, 1.165) is 12.8 Å². The number of carbonyl (C=O) groups is 1. The van der Waals surface area contributed by atoms with Crippen LogP contribution in [0.15, 0.2) is 0 Å². The van der Waals surface area contributed by atoms with Gasteiger partial charge in [0.05, 0.1) is 6.61 Å². The van der Waals surface area contributed by atoms with Crippen molar-refractivity contribution in [3.05, 3.63) is 0 Å². The van der Waals surface area contributed by atoms with Gasteiger partial charge in [0.1, 0.15) is 0 Å². The number of hydrogen-bond acceptors (Lipinski definition) is 3. The maximum Gasteiger partial charge on any atom is 0.302 e. The van der Waals surface area contributed by atoms with E-state index in [4.69, 9.17) is 9.84 Å². The van der Waals surface area contributed by atoms with Gasteiger partial charge in [-0.3, -0.25) is 4.79 Å². The lowest BCUT2D eigenvalue weighted by Crippen LogP contribution is -2.14. The van der Waals surface area contributed by atoms with Crippen LogP contribution in [0.1, 0.15) is 40.5 Å². The van der Waals surface area contributed by atoms with Crippen LogP contribution in [0.2, 0.25) is 0 Å². The van der Waals surface area contributed by atoms with E-state index in [1.807, 2.05) is 6.92 Å². The molecule has 0 saturated carbocycles. The van der Waals surface area contributed by atoms with E-state index in [2.05, 4.69) is 13.8 Å². The van der Waals surface area contributed by atoms with Crippen LogP contribution < -0.4 is 0 Å². The molecular weight excluding hydrogens is 192 g/mol. The van der Waals surface area contributed by atoms with Gasteiger partial charge >= 0.3 is 5.97 Å². The summed E-state index contributed by atoms with van der Waals surface area (Å²) in [4.78, 5) is 10.6. The Morgan fingerprint density at radius 1 is 1.13 bits per heavy atom. The highest BCUT2D eigenvalue weighted by atomic mass is 16.5. The summed E-state index contributed by atoms with van der Waals surface area (Å²) in [7, 11) is 0. The van der Waals surface area contributed by atoms with Gasteiger partial charge in [0.2, 0.25) is 0 Å². The van der Waals surface area contributed by atoms with Crippen molar-refractivity contribution in [3.63, 3.8) is 0 Å². The summed E-state index contributed by atoms with van der Waals surface area (Å²) in [5, 5.41) is 8.92. The summed E-state index contributed by atoms with van der Waals surface area (Å²) < 4.78 is 4.95. The zero-order valence-electron chi connectivity index (χ0n) is 10.3. The highest BCUT2D eigenvalue weighted by Crippen LogP contribution is 2.19. The zero-order chi connectivity index (χ0) is 11.8. The van der Waals surface area contributed by atoms with Gasteiger partial charge in [0, 0.05) is 13.5 Å². The topological polar surface area (TPSA) is 46.5 Å². The molecule has 3 atom stereocenters. The summed E-state index contributed by atoms with van der Waals surface area (Å²) >= 11 is 0. The predicted octanol–water partition coefficient (Wildman–Crippen LogP) is 2.23. The monoisotopic (exact) mass is 216 g/mol. The summed E-state index contributed by atoms with van der Waals surface area (Å²) in [5.74, 6) is 1.12. The molecule has 3 heteroatoms. The normalized spacial score (nSPS) is 16.9. The second kappa shape index (κ2) is 7.69. The van der Waals surface area contributed by atoms with E-state index in [9.17, 15) is 4.79 Å². The lowest BCUT2D eigenvalue weighted by atomic mass is 9.90. The number of rotatable bonds is 7. The van der Waals surface area contributed by atoms with Gasteiger partial charge in [0.15, 0.2) is 0 Å². The van der Waals surface area contributed by atoms with Crippen molar-refractivity contribution in [3.8, 4) is 0 Å². The molecule has 0 aromatic heterocycles. The van der Waals surface area contributed by atoms with Gasteiger partial charge in [-0.25, -0.2) is 0 Å². The molecule has 0 aliphatic rings. The maximum atomic E-state index is 10.6. The van der Waals surface area contributed by atoms with E-state index in [0.29, 0.717) is 24.4 Å². The van der Waals surface area contributed by atoms with Crippen LogP contribution in [0.25, 0.3) is 0 Å². The average Bonchev–Trinajstić information content (AvgIpc) is 2.14. The first-order valence-corrected chi connectivity index (χ1v) is 5.69. The van der Waals surface area contributed by atoms with Crippen LogP contribution in [0.3, 0.4) is 0 Å². The number of carbonyl (C=O) groups excluding carboxylic acids is 1. The predicted molar refractivity (Wildman–Crippen MR) is 60.4 cm³/mol. The number of esters is 1. The van der Waals surface area contributed by atoms with E-state index >= 15 is 0 Å². The molecule has 0 aliphatic heterocycles. The Bertz CT molecular complexity index is 180. The Kier molecular flexibility index (Phi) is 7.39. The molecular formula is C12H24O3. The molecule has 0 saturated heterocycles. The highest BCUT2D eigenvalue weighted by Gasteiger charge is 2.12. The lowest BCUT2D eigenvalue weighted by Gasteiger charge is -2.19. The molecule has 0 unspecified atom stereocenters. The van der Waals surface area contributed by atoms with Gasteiger partial charge in [-0.15, -0.1) is 0 Å². The molecule has 0 aliphatic carbocycles. The third-order valence-corrected chi connectivity index (χ3v) is 2.49. The van der Waals surface area contributed by atoms with Crippen molar-refractivity contribution in [1.82, 2.24) is 0 Å². The summed E-state index contributed by atoms with van der Waals surface area (Å²) in [6.45, 7) is 8.51. The molecule has 0 radical (unpaired) electrons. The Morgan fingerprint density at radius 2 is 1.67 bits per heavy atom. The molecule has 15 heavy (non-hydrogen) atoms. The van der Waals surface area contributed by atoms with E-state index < -0.39 is 0 Å². The molecule has 0 fully saturated rings. The smallest absolute Gasteiger partial charge is 0.302 e. The first-order valence-electron chi connectivity index (χ1n) is 5.69. The lowest BCUT2D eigenvalue weighted by molar-refractivity contribution is -0.142. The molecule has 3 nitrogen and oxygen atoms in total. The van der Waals surface area contributed by atoms with Gasteiger partial charge in [-0.1, -0.05) is 20.8 Å². The largest absolute Gasteiger partial charge is 0.466 e. The van der Waals surface area contributed by atoms with Crippen LogP contribution in [-0.2, 0) is 9.53 Å². The SMILES string of the molecule is CC(=O)OC[C@@H](C)C[C@@H](C)C[C@H](C)CO. The number of aliphatic hydroxyl groups is 1. The minimum absolute atomic E-state index is 0.210. The minimum atomic E-state index is -0.210. The van der Waals surface area contributed by atoms with Crippen LogP contribution >= 0.6 is 0 Å². The second-order valence-corrected chi connectivity index (χ2v) is 4.77. The van der Waals surface area contributed by atoms with Crippen molar-refractivity contribution >= 4 is 5.97 Å². The Labute approximate surface area is 92.8 Å². The molecule has 0 aromatic carbocycles. The van der Waals surface area contributed by atoms with Crippen molar-refractivity contribution in [1.29, 1.82) is 0 Å². The average molecular weight is 216 g/mol. The highest BCUT2D eigenvalue weighted by molar-refractivity contribution is 5.65. The van der Waals surface area contributed by atoms with E-state index in [1.165, 1.54) is 6.92 Å². The minimum Gasteiger partial charge on any atom is -0.466 e. The zero-order valence-corrected chi connectivity index (χ0v) is 10.3. The standard InChI is InChI=1S/C12H24O3/c1-9(5-10(2)7-13)6-11(3)8-15-12(4)14/h9-11,13H,5-8H2,1-4H3/t9-,10-,11-/m0/s1. The third kappa shape index (κ3) is 8.43. The van der Waals surface area contributed by atoms with Crippen molar-refractivity contribution in [2.75, 3.05) is 13.2 Å². The Hall–Kier alpha value is -0.570. The Balaban J connectivity index is 3.65. The molecule has 0 amide bonds. The maximum absolute atomic E-state index is 10.6. The fourth-order valence-corrected chi connectivity index (χ4v) is 1.87. The van der Waals surface area contributed by atoms with E-state index in [1.54, 1.807) is 0 Å². The van der Waals surface area contributed by atoms with Gasteiger partial charge < -0.3 is 9.84 Å². The number of aliphatic hydroxyl groups excluding tert-OH is 1. The third-order valence-electron chi connectivity index (χ3n) is 2.49. The fraction of sp³-hybridized carbons (Fsp3) is 0.917. The first-order chi connectivity index (χ1) is 6.95. The van der Waals surface area contributed by atoms with Gasteiger partial charge in [-0.05, 0) is 30.6 Å². The van der Waals surface area contributed by atoms with Crippen molar-refractivity contribution in [2.45, 2.75) is 40.5 Å². The van der Waals surface area contributed by atoms with Gasteiger partial charge in [0.25, 0.3) is 0 Å². The first kappa shape index (κ1) is 14.4. The van der Waals surface area contributed by atoms with Crippen molar-refractivity contribution < 1.29 is 14.6 Å². The molecule has 0 spiro atoms. The van der Waals surface area contributed by atoms with E-state index in [-0.39, 0.29) is 12.6 Å². The summed E-state index contributed by atoms with van der Waals surface area (Å²) in [6, 6.07) is 0.